The lowest BCUT2D eigenvalue weighted by Crippen LogP contribution is -2.42. The highest BCUT2D eigenvalue weighted by molar-refractivity contribution is 6.30. The van der Waals surface area contributed by atoms with Crippen molar-refractivity contribution in [2.24, 2.45) is 0 Å². The molecule has 106 valence electrons. The summed E-state index contributed by atoms with van der Waals surface area (Å²) in [6, 6.07) is 15.5. The molecular weight excluding hydrogens is 282 g/mol. The van der Waals surface area contributed by atoms with Crippen molar-refractivity contribution in [1.82, 2.24) is 4.90 Å². The predicted octanol–water partition coefficient (Wildman–Crippen LogP) is 2.45. The van der Waals surface area contributed by atoms with Crippen molar-refractivity contribution in [3.8, 4) is 0 Å². The van der Waals surface area contributed by atoms with E-state index in [-0.39, 0.29) is 11.8 Å². The monoisotopic (exact) mass is 297 g/mol. The van der Waals surface area contributed by atoms with E-state index in [1.54, 1.807) is 24.3 Å². The topological polar surface area (TPSA) is 20.3 Å². The fourth-order valence-electron chi connectivity index (χ4n) is 2.51. The smallest absolute Gasteiger partial charge is 0.182 e. The first-order valence-electron chi connectivity index (χ1n) is 6.97. The Hall–Kier alpha value is -2.06. The van der Waals surface area contributed by atoms with E-state index in [2.05, 4.69) is 36.2 Å². The molecule has 0 saturated carbocycles. The van der Waals surface area contributed by atoms with Crippen LogP contribution in [-0.2, 0) is 0 Å². The minimum Gasteiger partial charge on any atom is -0.363 e. The van der Waals surface area contributed by atoms with Crippen LogP contribution >= 0.6 is 11.6 Å². The molecule has 21 heavy (non-hydrogen) atoms. The normalized spacial score (nSPS) is 16.7. The molecule has 1 aliphatic rings. The van der Waals surface area contributed by atoms with E-state index >= 15 is 0 Å². The average Bonchev–Trinajstić information content (AvgIpc) is 2.48. The van der Waals surface area contributed by atoms with Gasteiger partial charge in [-0.25, -0.2) is 0 Å². The Kier molecular flexibility index (Phi) is 3.80. The number of hydrogen-bond acceptors (Lipinski definition) is 2. The molecule has 0 radical (unpaired) electrons. The largest absolute Gasteiger partial charge is 0.363 e. The van der Waals surface area contributed by atoms with Gasteiger partial charge in [-0.05, 0) is 41.6 Å². The van der Waals surface area contributed by atoms with Crippen molar-refractivity contribution in [3.63, 3.8) is 0 Å². The molecule has 2 aromatic rings. The van der Waals surface area contributed by atoms with Crippen molar-refractivity contribution in [2.45, 2.75) is 13.0 Å². The van der Waals surface area contributed by atoms with Gasteiger partial charge in [0.25, 0.3) is 0 Å². The van der Waals surface area contributed by atoms with Gasteiger partial charge in [0.05, 0.1) is 6.54 Å². The van der Waals surface area contributed by atoms with Crippen LogP contribution in [0.2, 0.25) is 5.02 Å². The van der Waals surface area contributed by atoms with Gasteiger partial charge in [-0.1, -0.05) is 41.9 Å². The number of ketones is 1. The van der Waals surface area contributed by atoms with Crippen LogP contribution in [0.15, 0.2) is 48.5 Å². The lowest BCUT2D eigenvalue weighted by atomic mass is 10.1. The van der Waals surface area contributed by atoms with E-state index in [1.165, 1.54) is 5.22 Å². The van der Waals surface area contributed by atoms with Gasteiger partial charge in [-0.3, -0.25) is 4.79 Å². The van der Waals surface area contributed by atoms with Crippen molar-refractivity contribution in [3.05, 3.63) is 69.6 Å². The van der Waals surface area contributed by atoms with E-state index in [0.717, 1.165) is 5.22 Å². The second kappa shape index (κ2) is 5.74. The zero-order chi connectivity index (χ0) is 14.8. The van der Waals surface area contributed by atoms with Crippen LogP contribution in [-0.4, -0.2) is 23.3 Å². The maximum Gasteiger partial charge on any atom is 0.182 e. The van der Waals surface area contributed by atoms with Crippen LogP contribution < -0.4 is 10.4 Å². The van der Waals surface area contributed by atoms with Crippen LogP contribution in [0.25, 0.3) is 12.3 Å². The average molecular weight is 298 g/mol. The van der Waals surface area contributed by atoms with Crippen molar-refractivity contribution in [1.29, 1.82) is 0 Å². The van der Waals surface area contributed by atoms with E-state index < -0.39 is 0 Å². The van der Waals surface area contributed by atoms with Gasteiger partial charge < -0.3 is 4.90 Å². The number of carbonyl (C=O) groups is 1. The highest BCUT2D eigenvalue weighted by Crippen LogP contribution is 2.12. The van der Waals surface area contributed by atoms with Crippen LogP contribution in [0.4, 0.5) is 0 Å². The molecule has 0 bridgehead atoms. The van der Waals surface area contributed by atoms with Gasteiger partial charge in [-0.2, -0.15) is 0 Å². The van der Waals surface area contributed by atoms with Crippen molar-refractivity contribution in [2.75, 3.05) is 6.54 Å². The van der Waals surface area contributed by atoms with Gasteiger partial charge >= 0.3 is 0 Å². The maximum absolute atomic E-state index is 12.4. The summed E-state index contributed by atoms with van der Waals surface area (Å²) < 4.78 is 0. The Bertz CT molecular complexity index is 780. The molecule has 0 spiro atoms. The number of rotatable bonds is 3. The predicted molar refractivity (Wildman–Crippen MR) is 86.6 cm³/mol. The van der Waals surface area contributed by atoms with Gasteiger partial charge in [-0.15, -0.1) is 0 Å². The molecule has 1 aliphatic heterocycles. The quantitative estimate of drug-likeness (QED) is 0.811. The van der Waals surface area contributed by atoms with Crippen LogP contribution in [0.3, 0.4) is 0 Å². The molecule has 3 rings (SSSR count). The van der Waals surface area contributed by atoms with Crippen molar-refractivity contribution < 1.29 is 4.79 Å². The van der Waals surface area contributed by atoms with Gasteiger partial charge in [0.15, 0.2) is 5.78 Å². The van der Waals surface area contributed by atoms with E-state index in [9.17, 15) is 4.79 Å². The fraction of sp³-hybridized carbons (Fsp3) is 0.167. The zero-order valence-electron chi connectivity index (χ0n) is 11.8. The Morgan fingerprint density at radius 2 is 1.76 bits per heavy atom. The molecule has 2 nitrogen and oxygen atoms in total. The number of nitrogens with zero attached hydrogens (tertiary/aromatic N) is 1. The van der Waals surface area contributed by atoms with E-state index in [4.69, 9.17) is 11.6 Å². The first-order valence-corrected chi connectivity index (χ1v) is 7.34. The van der Waals surface area contributed by atoms with Crippen molar-refractivity contribution >= 4 is 29.7 Å². The summed E-state index contributed by atoms with van der Waals surface area (Å²) in [4.78, 5) is 14.4. The second-order valence-corrected chi connectivity index (χ2v) is 5.70. The van der Waals surface area contributed by atoms with Gasteiger partial charge in [0.2, 0.25) is 0 Å². The molecule has 0 fully saturated rings. The summed E-state index contributed by atoms with van der Waals surface area (Å²) in [5, 5.41) is 3.02. The molecule has 0 aromatic heterocycles. The lowest BCUT2D eigenvalue weighted by molar-refractivity contribution is 0.0956. The summed E-state index contributed by atoms with van der Waals surface area (Å²) >= 11 is 5.85. The summed E-state index contributed by atoms with van der Waals surface area (Å²) in [7, 11) is 0. The highest BCUT2D eigenvalue weighted by atomic mass is 35.5. The molecule has 2 aromatic carbocycles. The van der Waals surface area contributed by atoms with E-state index in [0.29, 0.717) is 17.1 Å². The number of carbonyl (C=O) groups excluding carboxylic acids is 1. The third-order valence-electron chi connectivity index (χ3n) is 3.74. The number of fused-ring (bicyclic) bond motifs is 1. The maximum atomic E-state index is 12.4. The molecule has 3 heteroatoms. The van der Waals surface area contributed by atoms with Crippen LogP contribution in [0.1, 0.15) is 17.3 Å². The Morgan fingerprint density at radius 1 is 1.10 bits per heavy atom. The first kappa shape index (κ1) is 13.9. The number of halogens is 1. The summed E-state index contributed by atoms with van der Waals surface area (Å²) in [6.45, 7) is 2.47. The minimum absolute atomic E-state index is 0.0996. The number of hydrogen-bond donors (Lipinski definition) is 0. The third-order valence-corrected chi connectivity index (χ3v) is 3.99. The molecular formula is C18H16ClNO. The summed E-state index contributed by atoms with van der Waals surface area (Å²) in [5.74, 6) is 0.0996. The lowest BCUT2D eigenvalue weighted by Gasteiger charge is -2.27. The molecule has 1 atom stereocenters. The Morgan fingerprint density at radius 3 is 2.48 bits per heavy atom. The SMILES string of the molecule is CC1C=c2ccccc2=CN1CC(=O)c1ccc(Cl)cc1. The zero-order valence-corrected chi connectivity index (χ0v) is 12.5. The number of Topliss-reactive ketones (excluding diaryl/α,β-unsaturated/α-hetero) is 1. The number of benzene rings is 2. The minimum atomic E-state index is 0.0996. The van der Waals surface area contributed by atoms with Gasteiger partial charge in [0.1, 0.15) is 0 Å². The molecule has 0 saturated heterocycles. The molecule has 0 aliphatic carbocycles. The first-order chi connectivity index (χ1) is 10.1. The second-order valence-electron chi connectivity index (χ2n) is 5.27. The molecule has 1 unspecified atom stereocenters. The summed E-state index contributed by atoms with van der Waals surface area (Å²) in [5.41, 5.74) is 0.693. The highest BCUT2D eigenvalue weighted by Gasteiger charge is 2.16. The van der Waals surface area contributed by atoms with Gasteiger partial charge in [0, 0.05) is 22.8 Å². The van der Waals surface area contributed by atoms with E-state index in [1.807, 2.05) is 12.1 Å². The Balaban J connectivity index is 1.84. The molecule has 0 amide bonds. The third kappa shape index (κ3) is 3.01. The fourth-order valence-corrected chi connectivity index (χ4v) is 2.64. The molecule has 0 N–H and O–H groups in total. The Labute approximate surface area is 129 Å². The van der Waals surface area contributed by atoms with Crippen LogP contribution in [0, 0.1) is 0 Å². The molecule has 1 heterocycles. The standard InChI is InChI=1S/C18H16ClNO/c1-13-10-15-4-2-3-5-16(15)11-20(13)12-18(21)14-6-8-17(19)9-7-14/h2-11,13H,12H2,1H3. The summed E-state index contributed by atoms with van der Waals surface area (Å²) in [6.07, 6.45) is 4.25. The van der Waals surface area contributed by atoms with Crippen LogP contribution in [0.5, 0.6) is 0 Å².